The lowest BCUT2D eigenvalue weighted by Crippen LogP contribution is -2.49. The number of methoxy groups -OCH3 is 1. The molecule has 0 saturated carbocycles. The lowest BCUT2D eigenvalue weighted by molar-refractivity contribution is -0.134. The van der Waals surface area contributed by atoms with Crippen molar-refractivity contribution >= 4 is 55.0 Å². The number of halogens is 2. The molecule has 0 bridgehead atoms. The SMILES string of the molecule is COc1c(Br)cc(Br)cc1C(=O)Nc1ccc(N2CCN(C(=O)C(C)C)CC2)cc1. The molecule has 0 aliphatic carbocycles. The number of hydrogen-bond acceptors (Lipinski definition) is 4. The largest absolute Gasteiger partial charge is 0.495 e. The first kappa shape index (κ1) is 22.6. The second-order valence-electron chi connectivity index (χ2n) is 7.44. The maximum atomic E-state index is 12.8. The highest BCUT2D eigenvalue weighted by Gasteiger charge is 2.23. The van der Waals surface area contributed by atoms with Gasteiger partial charge in [0.25, 0.3) is 5.91 Å². The molecule has 0 atom stereocenters. The van der Waals surface area contributed by atoms with Gasteiger partial charge in [-0.1, -0.05) is 29.8 Å². The van der Waals surface area contributed by atoms with Crippen LogP contribution in [0.4, 0.5) is 11.4 Å². The van der Waals surface area contributed by atoms with E-state index in [1.165, 1.54) is 7.11 Å². The van der Waals surface area contributed by atoms with Crippen molar-refractivity contribution in [2.75, 3.05) is 43.5 Å². The Morgan fingerprint density at radius 1 is 1.03 bits per heavy atom. The summed E-state index contributed by atoms with van der Waals surface area (Å²) in [6.07, 6.45) is 0. The van der Waals surface area contributed by atoms with Crippen LogP contribution in [-0.4, -0.2) is 50.0 Å². The molecule has 1 N–H and O–H groups in total. The molecular formula is C22H25Br2N3O3. The fourth-order valence-corrected chi connectivity index (χ4v) is 4.83. The van der Waals surface area contributed by atoms with Crippen molar-refractivity contribution in [2.24, 2.45) is 5.92 Å². The first-order valence-electron chi connectivity index (χ1n) is 9.78. The molecule has 2 amide bonds. The number of nitrogens with zero attached hydrogens (tertiary/aromatic N) is 2. The average molecular weight is 539 g/mol. The van der Waals surface area contributed by atoms with E-state index in [4.69, 9.17) is 4.74 Å². The number of nitrogens with one attached hydrogen (secondary N) is 1. The highest BCUT2D eigenvalue weighted by atomic mass is 79.9. The van der Waals surface area contributed by atoms with Crippen LogP contribution in [0.15, 0.2) is 45.3 Å². The first-order chi connectivity index (χ1) is 14.3. The first-order valence-corrected chi connectivity index (χ1v) is 11.4. The van der Waals surface area contributed by atoms with Crippen LogP contribution in [0.25, 0.3) is 0 Å². The van der Waals surface area contributed by atoms with Crippen molar-refractivity contribution in [1.29, 1.82) is 0 Å². The lowest BCUT2D eigenvalue weighted by atomic mass is 10.1. The second-order valence-corrected chi connectivity index (χ2v) is 9.21. The van der Waals surface area contributed by atoms with Crippen LogP contribution in [0.1, 0.15) is 24.2 Å². The van der Waals surface area contributed by atoms with Gasteiger partial charge in [-0.05, 0) is 52.3 Å². The Labute approximate surface area is 193 Å². The molecule has 160 valence electrons. The molecule has 1 heterocycles. The zero-order valence-electron chi connectivity index (χ0n) is 17.2. The number of anilines is 2. The molecule has 2 aromatic carbocycles. The molecule has 0 radical (unpaired) electrons. The Morgan fingerprint density at radius 3 is 2.23 bits per heavy atom. The van der Waals surface area contributed by atoms with Crippen LogP contribution in [0.3, 0.4) is 0 Å². The number of piperazine rings is 1. The average Bonchev–Trinajstić information content (AvgIpc) is 2.73. The van der Waals surface area contributed by atoms with Crippen LogP contribution in [0, 0.1) is 5.92 Å². The molecule has 6 nitrogen and oxygen atoms in total. The zero-order valence-corrected chi connectivity index (χ0v) is 20.4. The minimum absolute atomic E-state index is 0.0314. The summed E-state index contributed by atoms with van der Waals surface area (Å²) in [6, 6.07) is 11.3. The Morgan fingerprint density at radius 2 is 1.67 bits per heavy atom. The number of carbonyl (C=O) groups is 2. The quantitative estimate of drug-likeness (QED) is 0.595. The fraction of sp³-hybridized carbons (Fsp3) is 0.364. The molecule has 8 heteroatoms. The van der Waals surface area contributed by atoms with Crippen LogP contribution >= 0.6 is 31.9 Å². The van der Waals surface area contributed by atoms with Gasteiger partial charge in [0.1, 0.15) is 5.75 Å². The molecule has 0 aromatic heterocycles. The van der Waals surface area contributed by atoms with Crippen LogP contribution in [-0.2, 0) is 4.79 Å². The number of ether oxygens (including phenoxy) is 1. The maximum Gasteiger partial charge on any atom is 0.259 e. The highest BCUT2D eigenvalue weighted by Crippen LogP contribution is 2.33. The minimum Gasteiger partial charge on any atom is -0.495 e. The van der Waals surface area contributed by atoms with E-state index in [0.29, 0.717) is 21.5 Å². The van der Waals surface area contributed by atoms with E-state index in [1.807, 2.05) is 49.1 Å². The highest BCUT2D eigenvalue weighted by molar-refractivity contribution is 9.11. The summed E-state index contributed by atoms with van der Waals surface area (Å²) in [4.78, 5) is 29.1. The Hall–Kier alpha value is -2.06. The third kappa shape index (κ3) is 5.16. The molecule has 2 aromatic rings. The lowest BCUT2D eigenvalue weighted by Gasteiger charge is -2.37. The number of carbonyl (C=O) groups excluding carboxylic acids is 2. The molecular weight excluding hydrogens is 514 g/mol. The van der Waals surface area contributed by atoms with Gasteiger partial charge in [-0.3, -0.25) is 9.59 Å². The number of rotatable bonds is 5. The van der Waals surface area contributed by atoms with Crippen molar-refractivity contribution < 1.29 is 14.3 Å². The van der Waals surface area contributed by atoms with E-state index in [2.05, 4.69) is 42.1 Å². The van der Waals surface area contributed by atoms with Crippen LogP contribution in [0.5, 0.6) is 5.75 Å². The topological polar surface area (TPSA) is 61.9 Å². The predicted octanol–water partition coefficient (Wildman–Crippen LogP) is 4.78. The summed E-state index contributed by atoms with van der Waals surface area (Å²) in [5.74, 6) is 0.481. The summed E-state index contributed by atoms with van der Waals surface area (Å²) in [5, 5.41) is 2.92. The molecule has 1 fully saturated rings. The van der Waals surface area contributed by atoms with Gasteiger partial charge < -0.3 is 19.9 Å². The number of benzene rings is 2. The van der Waals surface area contributed by atoms with Crippen LogP contribution < -0.4 is 15.0 Å². The molecule has 0 spiro atoms. The summed E-state index contributed by atoms with van der Waals surface area (Å²) in [6.45, 7) is 6.93. The summed E-state index contributed by atoms with van der Waals surface area (Å²) >= 11 is 6.83. The van der Waals surface area contributed by atoms with Gasteiger partial charge in [0.15, 0.2) is 0 Å². The van der Waals surface area contributed by atoms with Crippen molar-refractivity contribution in [2.45, 2.75) is 13.8 Å². The van der Waals surface area contributed by atoms with Crippen molar-refractivity contribution in [3.8, 4) is 5.75 Å². The normalized spacial score (nSPS) is 14.1. The molecule has 1 saturated heterocycles. The van der Waals surface area contributed by atoms with E-state index >= 15 is 0 Å². The third-order valence-electron chi connectivity index (χ3n) is 5.03. The second kappa shape index (κ2) is 9.83. The van der Waals surface area contributed by atoms with E-state index in [0.717, 1.165) is 36.3 Å². The molecule has 30 heavy (non-hydrogen) atoms. The maximum absolute atomic E-state index is 12.8. The Bertz CT molecular complexity index is 924. The molecule has 0 unspecified atom stereocenters. The smallest absolute Gasteiger partial charge is 0.259 e. The van der Waals surface area contributed by atoms with Crippen molar-refractivity contribution in [3.63, 3.8) is 0 Å². The van der Waals surface area contributed by atoms with Crippen LogP contribution in [0.2, 0.25) is 0 Å². The van der Waals surface area contributed by atoms with E-state index in [9.17, 15) is 9.59 Å². The van der Waals surface area contributed by atoms with E-state index in [-0.39, 0.29) is 17.7 Å². The fourth-order valence-electron chi connectivity index (χ4n) is 3.44. The predicted molar refractivity (Wildman–Crippen MR) is 126 cm³/mol. The monoisotopic (exact) mass is 537 g/mol. The van der Waals surface area contributed by atoms with Gasteiger partial charge in [-0.25, -0.2) is 0 Å². The summed E-state index contributed by atoms with van der Waals surface area (Å²) in [5.41, 5.74) is 2.22. The van der Waals surface area contributed by atoms with Gasteiger partial charge in [0, 0.05) is 47.9 Å². The van der Waals surface area contributed by atoms with Gasteiger partial charge >= 0.3 is 0 Å². The molecule has 1 aliphatic heterocycles. The van der Waals surface area contributed by atoms with Gasteiger partial charge in [-0.2, -0.15) is 0 Å². The van der Waals surface area contributed by atoms with E-state index in [1.54, 1.807) is 6.07 Å². The number of amides is 2. The molecule has 3 rings (SSSR count). The van der Waals surface area contributed by atoms with Gasteiger partial charge in [0.2, 0.25) is 5.91 Å². The third-order valence-corrected chi connectivity index (χ3v) is 6.08. The Balaban J connectivity index is 1.65. The molecule has 1 aliphatic rings. The summed E-state index contributed by atoms with van der Waals surface area (Å²) in [7, 11) is 1.54. The minimum atomic E-state index is -0.248. The Kier molecular flexibility index (Phi) is 7.41. The zero-order chi connectivity index (χ0) is 21.8. The number of hydrogen-bond donors (Lipinski definition) is 1. The van der Waals surface area contributed by atoms with Gasteiger partial charge in [0.05, 0.1) is 17.1 Å². The standard InChI is InChI=1S/C22H25Br2N3O3/c1-14(2)22(29)27-10-8-26(9-11-27)17-6-4-16(5-7-17)25-21(28)18-12-15(23)13-19(24)20(18)30-3/h4-7,12-14H,8-11H2,1-3H3,(H,25,28). The van der Waals surface area contributed by atoms with E-state index < -0.39 is 0 Å². The summed E-state index contributed by atoms with van der Waals surface area (Å²) < 4.78 is 6.85. The van der Waals surface area contributed by atoms with Crippen molar-refractivity contribution in [1.82, 2.24) is 4.90 Å². The van der Waals surface area contributed by atoms with Gasteiger partial charge in [-0.15, -0.1) is 0 Å². The van der Waals surface area contributed by atoms with Crippen molar-refractivity contribution in [3.05, 3.63) is 50.9 Å².